The molecule has 1 aliphatic rings. The average Bonchev–Trinajstić information content (AvgIpc) is 2.64. The highest BCUT2D eigenvalue weighted by Crippen LogP contribution is 2.28. The Morgan fingerprint density at radius 2 is 1.74 bits per heavy atom. The van der Waals surface area contributed by atoms with Crippen LogP contribution in [0.2, 0.25) is 0 Å². The first kappa shape index (κ1) is 19.8. The SMILES string of the molecule is CCCN1CC(c2ccc(NS(=O)(=O)c3ccc(C(C)CF)cc3)cc2)C1. The van der Waals surface area contributed by atoms with Crippen LogP contribution in [0.4, 0.5) is 10.1 Å². The highest BCUT2D eigenvalue weighted by atomic mass is 32.2. The Bertz CT molecular complexity index is 845. The molecular formula is C21H27FN2O2S. The molecule has 0 aromatic heterocycles. The van der Waals surface area contributed by atoms with E-state index in [1.54, 1.807) is 19.1 Å². The number of benzene rings is 2. The van der Waals surface area contributed by atoms with Gasteiger partial charge in [-0.05, 0) is 48.4 Å². The summed E-state index contributed by atoms with van der Waals surface area (Å²) in [7, 11) is -3.66. The van der Waals surface area contributed by atoms with Crippen molar-refractivity contribution in [2.45, 2.75) is 37.0 Å². The van der Waals surface area contributed by atoms with E-state index in [1.807, 2.05) is 24.3 Å². The van der Waals surface area contributed by atoms with E-state index in [1.165, 1.54) is 24.1 Å². The van der Waals surface area contributed by atoms with Crippen LogP contribution >= 0.6 is 0 Å². The van der Waals surface area contributed by atoms with Crippen LogP contribution in [0, 0.1) is 0 Å². The molecule has 0 bridgehead atoms. The normalized spacial score (nSPS) is 16.7. The third-order valence-corrected chi connectivity index (χ3v) is 6.52. The van der Waals surface area contributed by atoms with Crippen molar-refractivity contribution in [1.82, 2.24) is 4.90 Å². The van der Waals surface area contributed by atoms with Crippen LogP contribution in [0.25, 0.3) is 0 Å². The molecule has 2 aromatic carbocycles. The van der Waals surface area contributed by atoms with Gasteiger partial charge in [0.2, 0.25) is 0 Å². The fourth-order valence-electron chi connectivity index (χ4n) is 3.38. The number of likely N-dealkylation sites (tertiary alicyclic amines) is 1. The molecule has 146 valence electrons. The third kappa shape index (κ3) is 4.68. The van der Waals surface area contributed by atoms with Gasteiger partial charge in [0.25, 0.3) is 10.0 Å². The molecule has 27 heavy (non-hydrogen) atoms. The van der Waals surface area contributed by atoms with Gasteiger partial charge in [0, 0.05) is 30.6 Å². The van der Waals surface area contributed by atoms with Crippen molar-refractivity contribution in [2.75, 3.05) is 31.0 Å². The van der Waals surface area contributed by atoms with Gasteiger partial charge in [-0.25, -0.2) is 8.42 Å². The average molecular weight is 391 g/mol. The summed E-state index contributed by atoms with van der Waals surface area (Å²) in [6, 6.07) is 14.0. The minimum Gasteiger partial charge on any atom is -0.302 e. The molecule has 1 aliphatic heterocycles. The topological polar surface area (TPSA) is 49.4 Å². The molecule has 3 rings (SSSR count). The summed E-state index contributed by atoms with van der Waals surface area (Å²) >= 11 is 0. The summed E-state index contributed by atoms with van der Waals surface area (Å²) in [5.41, 5.74) is 2.58. The summed E-state index contributed by atoms with van der Waals surface area (Å²) in [6.07, 6.45) is 1.17. The fourth-order valence-corrected chi connectivity index (χ4v) is 4.44. The van der Waals surface area contributed by atoms with Crippen molar-refractivity contribution in [3.8, 4) is 0 Å². The van der Waals surface area contributed by atoms with Gasteiger partial charge in [-0.3, -0.25) is 9.11 Å². The number of rotatable bonds is 8. The Hall–Kier alpha value is -1.92. The molecule has 1 atom stereocenters. The standard InChI is InChI=1S/C21H27FN2O2S/c1-3-12-24-14-19(15-24)18-4-8-20(9-5-18)23-27(25,26)21-10-6-17(7-11-21)16(2)13-22/h4-11,16,19,23H,3,12-15H2,1-2H3. The largest absolute Gasteiger partial charge is 0.302 e. The van der Waals surface area contributed by atoms with E-state index < -0.39 is 16.7 Å². The van der Waals surface area contributed by atoms with Crippen LogP contribution in [0.5, 0.6) is 0 Å². The molecule has 1 heterocycles. The zero-order valence-corrected chi connectivity index (χ0v) is 16.7. The van der Waals surface area contributed by atoms with Crippen LogP contribution < -0.4 is 4.72 Å². The van der Waals surface area contributed by atoms with Gasteiger partial charge in [0.15, 0.2) is 0 Å². The zero-order chi connectivity index (χ0) is 19.4. The van der Waals surface area contributed by atoms with E-state index >= 15 is 0 Å². The third-order valence-electron chi connectivity index (χ3n) is 5.12. The number of sulfonamides is 1. The lowest BCUT2D eigenvalue weighted by molar-refractivity contribution is 0.149. The molecule has 4 nitrogen and oxygen atoms in total. The summed E-state index contributed by atoms with van der Waals surface area (Å²) in [4.78, 5) is 2.60. The number of nitrogens with zero attached hydrogens (tertiary/aromatic N) is 1. The smallest absolute Gasteiger partial charge is 0.261 e. The molecule has 1 N–H and O–H groups in total. The van der Waals surface area contributed by atoms with E-state index in [2.05, 4.69) is 16.5 Å². The maximum atomic E-state index is 12.7. The van der Waals surface area contributed by atoms with Crippen molar-refractivity contribution in [3.05, 3.63) is 59.7 Å². The highest BCUT2D eigenvalue weighted by molar-refractivity contribution is 7.92. The Morgan fingerprint density at radius 1 is 1.11 bits per heavy atom. The lowest BCUT2D eigenvalue weighted by Gasteiger charge is -2.39. The molecule has 1 fully saturated rings. The first-order valence-corrected chi connectivity index (χ1v) is 10.9. The summed E-state index contributed by atoms with van der Waals surface area (Å²) in [6.45, 7) is 6.77. The van der Waals surface area contributed by atoms with Gasteiger partial charge in [-0.2, -0.15) is 0 Å². The molecule has 0 radical (unpaired) electrons. The second kappa shape index (κ2) is 8.40. The van der Waals surface area contributed by atoms with E-state index in [9.17, 15) is 12.8 Å². The van der Waals surface area contributed by atoms with Crippen LogP contribution in [-0.4, -0.2) is 39.6 Å². The van der Waals surface area contributed by atoms with E-state index in [0.29, 0.717) is 11.6 Å². The summed E-state index contributed by atoms with van der Waals surface area (Å²) in [5, 5.41) is 0. The Morgan fingerprint density at radius 3 is 2.30 bits per heavy atom. The fraction of sp³-hybridized carbons (Fsp3) is 0.429. The predicted octanol–water partition coefficient (Wildman–Crippen LogP) is 4.37. The first-order chi connectivity index (χ1) is 12.9. The molecule has 2 aromatic rings. The van der Waals surface area contributed by atoms with Crippen LogP contribution in [0.15, 0.2) is 53.4 Å². The van der Waals surface area contributed by atoms with Gasteiger partial charge in [0.05, 0.1) is 11.6 Å². The molecule has 0 amide bonds. The molecular weight excluding hydrogens is 363 g/mol. The van der Waals surface area contributed by atoms with Crippen molar-refractivity contribution >= 4 is 15.7 Å². The van der Waals surface area contributed by atoms with Crippen molar-refractivity contribution < 1.29 is 12.8 Å². The second-order valence-electron chi connectivity index (χ2n) is 7.31. The number of anilines is 1. The Labute approximate surface area is 161 Å². The molecule has 0 spiro atoms. The van der Waals surface area contributed by atoms with Crippen LogP contribution in [0.3, 0.4) is 0 Å². The lowest BCUT2D eigenvalue weighted by atomic mass is 9.91. The first-order valence-electron chi connectivity index (χ1n) is 9.44. The van der Waals surface area contributed by atoms with Crippen molar-refractivity contribution in [1.29, 1.82) is 0 Å². The van der Waals surface area contributed by atoms with E-state index in [4.69, 9.17) is 0 Å². The maximum absolute atomic E-state index is 12.7. The minimum absolute atomic E-state index is 0.176. The number of hydrogen-bond donors (Lipinski definition) is 1. The Kier molecular flexibility index (Phi) is 6.17. The molecule has 0 aliphatic carbocycles. The molecule has 0 saturated carbocycles. The van der Waals surface area contributed by atoms with Gasteiger partial charge < -0.3 is 4.90 Å². The Balaban J connectivity index is 1.64. The summed E-state index contributed by atoms with van der Waals surface area (Å²) in [5.74, 6) is 0.300. The monoisotopic (exact) mass is 390 g/mol. The van der Waals surface area contributed by atoms with Crippen LogP contribution in [0.1, 0.15) is 43.2 Å². The summed E-state index contributed by atoms with van der Waals surface area (Å²) < 4.78 is 40.5. The number of nitrogens with one attached hydrogen (secondary N) is 1. The molecule has 6 heteroatoms. The number of hydrogen-bond acceptors (Lipinski definition) is 3. The van der Waals surface area contributed by atoms with Gasteiger partial charge in [-0.1, -0.05) is 38.1 Å². The lowest BCUT2D eigenvalue weighted by Crippen LogP contribution is -2.45. The van der Waals surface area contributed by atoms with Crippen molar-refractivity contribution in [2.24, 2.45) is 0 Å². The van der Waals surface area contributed by atoms with Gasteiger partial charge >= 0.3 is 0 Å². The number of alkyl halides is 1. The molecule has 1 saturated heterocycles. The minimum atomic E-state index is -3.66. The van der Waals surface area contributed by atoms with Gasteiger partial charge in [0.1, 0.15) is 0 Å². The van der Waals surface area contributed by atoms with Gasteiger partial charge in [-0.15, -0.1) is 0 Å². The van der Waals surface area contributed by atoms with Crippen LogP contribution in [-0.2, 0) is 10.0 Å². The van der Waals surface area contributed by atoms with Crippen molar-refractivity contribution in [3.63, 3.8) is 0 Å². The molecule has 1 unspecified atom stereocenters. The number of halogens is 1. The van der Waals surface area contributed by atoms with E-state index in [-0.39, 0.29) is 10.8 Å². The quantitative estimate of drug-likeness (QED) is 0.728. The zero-order valence-electron chi connectivity index (χ0n) is 15.9. The highest BCUT2D eigenvalue weighted by Gasteiger charge is 2.27. The van der Waals surface area contributed by atoms with E-state index in [0.717, 1.165) is 25.2 Å². The maximum Gasteiger partial charge on any atom is 0.261 e. The second-order valence-corrected chi connectivity index (χ2v) is 8.99. The predicted molar refractivity (Wildman–Crippen MR) is 108 cm³/mol.